The Morgan fingerprint density at radius 2 is 1.09 bits per heavy atom. The fraction of sp³-hybridized carbons (Fsp3) is 0.256. The van der Waals surface area contributed by atoms with Gasteiger partial charge in [0.15, 0.2) is 0 Å². The fourth-order valence-corrected chi connectivity index (χ4v) is 8.45. The zero-order valence-electron chi connectivity index (χ0n) is 26.9. The van der Waals surface area contributed by atoms with Crippen molar-refractivity contribution in [2.45, 2.75) is 70.6 Å². The second kappa shape index (κ2) is 15.3. The number of hydrogen-bond acceptors (Lipinski definition) is 0. The van der Waals surface area contributed by atoms with Crippen LogP contribution in [0.5, 0.6) is 0 Å². The zero-order valence-corrected chi connectivity index (χ0v) is 27.8. The molecule has 4 aromatic rings. The fourth-order valence-electron chi connectivity index (χ4n) is 6.17. The van der Waals surface area contributed by atoms with Gasteiger partial charge in [0.2, 0.25) is 0 Å². The summed E-state index contributed by atoms with van der Waals surface area (Å²) in [6.45, 7) is 9.24. The summed E-state index contributed by atoms with van der Waals surface area (Å²) in [6, 6.07) is 41.2. The lowest BCUT2D eigenvalue weighted by Crippen LogP contribution is -2.20. The van der Waals surface area contributed by atoms with E-state index in [2.05, 4.69) is 179 Å². The van der Waals surface area contributed by atoms with Crippen LogP contribution in [0.25, 0.3) is 0 Å². The second-order valence-electron chi connectivity index (χ2n) is 12.9. The molecule has 0 N–H and O–H groups in total. The van der Waals surface area contributed by atoms with Crippen LogP contribution in [0.2, 0.25) is 0 Å². The average molecular weight is 595 g/mol. The highest BCUT2D eigenvalue weighted by molar-refractivity contribution is 7.79. The van der Waals surface area contributed by atoms with Gasteiger partial charge in [0.05, 0.1) is 0 Å². The Bertz CT molecular complexity index is 1520. The molecule has 0 aliphatic heterocycles. The summed E-state index contributed by atoms with van der Waals surface area (Å²) in [5.74, 6) is 1.01. The molecule has 0 nitrogen and oxygen atoms in total. The molecule has 2 unspecified atom stereocenters. The number of allylic oxidation sites excluding steroid dienone is 8. The summed E-state index contributed by atoms with van der Waals surface area (Å²) in [5, 5.41) is 4.20. The Balaban J connectivity index is 1.44. The van der Waals surface area contributed by atoms with E-state index in [-0.39, 0.29) is 5.41 Å². The van der Waals surface area contributed by atoms with Crippen molar-refractivity contribution in [1.29, 1.82) is 0 Å². The van der Waals surface area contributed by atoms with E-state index in [1.807, 2.05) is 0 Å². The summed E-state index contributed by atoms with van der Waals surface area (Å²) < 4.78 is 0. The molecule has 4 aromatic carbocycles. The molecule has 224 valence electrons. The molecule has 0 fully saturated rings. The largest absolute Gasteiger partial charge is 0.0648 e. The van der Waals surface area contributed by atoms with Crippen molar-refractivity contribution in [3.63, 3.8) is 0 Å². The highest BCUT2D eigenvalue weighted by atomic mass is 31.1. The van der Waals surface area contributed by atoms with Crippen LogP contribution >= 0.6 is 7.92 Å². The molecule has 0 aromatic heterocycles. The van der Waals surface area contributed by atoms with Crippen molar-refractivity contribution in [2.75, 3.05) is 0 Å². The Morgan fingerprint density at radius 3 is 1.68 bits per heavy atom. The molecule has 1 aliphatic rings. The third-order valence-corrected chi connectivity index (χ3v) is 11.3. The maximum Gasteiger partial charge on any atom is -0.0132 e. The minimum atomic E-state index is -0.602. The van der Waals surface area contributed by atoms with Crippen molar-refractivity contribution in [3.05, 3.63) is 174 Å². The molecule has 0 amide bonds. The smallest absolute Gasteiger partial charge is 0.0132 e. The van der Waals surface area contributed by atoms with Crippen molar-refractivity contribution < 1.29 is 0 Å². The van der Waals surface area contributed by atoms with Gasteiger partial charge in [-0.3, -0.25) is 0 Å². The summed E-state index contributed by atoms with van der Waals surface area (Å²) in [4.78, 5) is 0. The third-order valence-electron chi connectivity index (χ3n) is 8.81. The zero-order chi connectivity index (χ0) is 30.8. The van der Waals surface area contributed by atoms with Gasteiger partial charge in [0.1, 0.15) is 0 Å². The van der Waals surface area contributed by atoms with Crippen molar-refractivity contribution in [2.24, 2.45) is 0 Å². The van der Waals surface area contributed by atoms with Crippen LogP contribution < -0.4 is 15.9 Å². The molecule has 0 radical (unpaired) electrons. The molecule has 0 spiro atoms. The molecule has 0 saturated carbocycles. The van der Waals surface area contributed by atoms with Gasteiger partial charge < -0.3 is 0 Å². The molecule has 0 saturated heterocycles. The minimum absolute atomic E-state index is 0.173. The highest BCUT2D eigenvalue weighted by Gasteiger charge is 2.22. The summed E-state index contributed by atoms with van der Waals surface area (Å²) in [6.07, 6.45) is 19.7. The molecule has 1 aliphatic carbocycles. The van der Waals surface area contributed by atoms with Gasteiger partial charge in [-0.15, -0.1) is 0 Å². The summed E-state index contributed by atoms with van der Waals surface area (Å²) >= 11 is 0. The molecule has 0 bridgehead atoms. The summed E-state index contributed by atoms with van der Waals surface area (Å²) in [5.41, 5.74) is 5.90. The van der Waals surface area contributed by atoms with Crippen molar-refractivity contribution >= 4 is 23.8 Å². The molecule has 1 heteroatoms. The average Bonchev–Trinajstić information content (AvgIpc) is 3.03. The Hall–Kier alpha value is -3.73. The van der Waals surface area contributed by atoms with Crippen molar-refractivity contribution in [3.8, 4) is 0 Å². The predicted molar refractivity (Wildman–Crippen MR) is 195 cm³/mol. The van der Waals surface area contributed by atoms with Gasteiger partial charge >= 0.3 is 0 Å². The van der Waals surface area contributed by atoms with E-state index in [1.54, 1.807) is 0 Å². The van der Waals surface area contributed by atoms with Crippen LogP contribution in [0, 0.1) is 0 Å². The number of rotatable bonds is 11. The molecule has 44 heavy (non-hydrogen) atoms. The van der Waals surface area contributed by atoms with E-state index in [0.717, 1.165) is 25.7 Å². The first kappa shape index (κ1) is 31.7. The lowest BCUT2D eigenvalue weighted by Gasteiger charge is -2.26. The normalized spacial score (nSPS) is 18.0. The lowest BCUT2D eigenvalue weighted by atomic mass is 9.79. The SMILES string of the molecule is CCC(CC(CCC1=C/C=C\C=C/C=C\1)c1ccc(P(c2ccccc2)c2ccccc2)cc1)c1ccc(C(C)(C)C)cc1. The number of hydrogen-bond donors (Lipinski definition) is 0. The van der Waals surface area contributed by atoms with Crippen LogP contribution in [0.15, 0.2) is 157 Å². The van der Waals surface area contributed by atoms with Gasteiger partial charge in [-0.1, -0.05) is 179 Å². The topological polar surface area (TPSA) is 0 Å². The molecule has 5 rings (SSSR count). The van der Waals surface area contributed by atoms with E-state index in [1.165, 1.54) is 38.2 Å². The van der Waals surface area contributed by atoms with E-state index in [0.29, 0.717) is 11.8 Å². The molecular formula is C43H47P. The van der Waals surface area contributed by atoms with E-state index in [4.69, 9.17) is 0 Å². The first-order chi connectivity index (χ1) is 21.4. The van der Waals surface area contributed by atoms with Crippen LogP contribution in [0.3, 0.4) is 0 Å². The first-order valence-electron chi connectivity index (χ1n) is 16.2. The van der Waals surface area contributed by atoms with E-state index < -0.39 is 7.92 Å². The van der Waals surface area contributed by atoms with Gasteiger partial charge in [-0.05, 0) is 89.0 Å². The molecular weight excluding hydrogens is 547 g/mol. The predicted octanol–water partition coefficient (Wildman–Crippen LogP) is 10.8. The van der Waals surface area contributed by atoms with Gasteiger partial charge in [0.25, 0.3) is 0 Å². The van der Waals surface area contributed by atoms with Crippen LogP contribution in [0.1, 0.15) is 81.9 Å². The third kappa shape index (κ3) is 8.46. The second-order valence-corrected chi connectivity index (χ2v) is 15.1. The Kier molecular flexibility index (Phi) is 11.0. The van der Waals surface area contributed by atoms with E-state index in [9.17, 15) is 0 Å². The van der Waals surface area contributed by atoms with Gasteiger partial charge in [-0.2, -0.15) is 0 Å². The Morgan fingerprint density at radius 1 is 0.568 bits per heavy atom. The molecule has 0 heterocycles. The maximum absolute atomic E-state index is 2.43. The van der Waals surface area contributed by atoms with Crippen LogP contribution in [0.4, 0.5) is 0 Å². The summed E-state index contributed by atoms with van der Waals surface area (Å²) in [7, 11) is -0.602. The standard InChI is InChI=1S/C43H47P/c1-5-35(36-25-29-39(30-26-36)43(2,3)4)33-38(24-23-34-17-11-7-6-8-12-18-34)37-27-31-42(32-28-37)44(40-19-13-9-14-20-40)41-21-15-10-16-22-41/h6-22,25-32,35,38H,5,23-24,33H2,1-4H3/b7-6-,8-6?,11-7?,12-8-,17-11-,18-12?,34-17?,34-18+. The van der Waals surface area contributed by atoms with Crippen molar-refractivity contribution in [1.82, 2.24) is 0 Å². The first-order valence-corrected chi connectivity index (χ1v) is 17.6. The minimum Gasteiger partial charge on any atom is -0.0648 e. The van der Waals surface area contributed by atoms with Crippen LogP contribution in [-0.4, -0.2) is 0 Å². The van der Waals surface area contributed by atoms with Crippen LogP contribution in [-0.2, 0) is 5.41 Å². The lowest BCUT2D eigenvalue weighted by molar-refractivity contribution is 0.495. The maximum atomic E-state index is 2.43. The Labute approximate surface area is 267 Å². The number of benzene rings is 4. The monoisotopic (exact) mass is 594 g/mol. The molecule has 2 atom stereocenters. The van der Waals surface area contributed by atoms with Gasteiger partial charge in [0, 0.05) is 0 Å². The van der Waals surface area contributed by atoms with Gasteiger partial charge in [-0.25, -0.2) is 0 Å². The highest BCUT2D eigenvalue weighted by Crippen LogP contribution is 2.38. The quantitative estimate of drug-likeness (QED) is 0.152. The van der Waals surface area contributed by atoms with E-state index >= 15 is 0 Å².